The van der Waals surface area contributed by atoms with Crippen LogP contribution in [0.2, 0.25) is 0 Å². The fourth-order valence-electron chi connectivity index (χ4n) is 1.58. The number of furan rings is 1. The molecule has 2 aromatic heterocycles. The molecule has 0 fully saturated rings. The third-order valence-corrected chi connectivity index (χ3v) is 3.33. The van der Waals surface area contributed by atoms with E-state index in [0.717, 1.165) is 0 Å². The minimum atomic E-state index is -0.419. The third kappa shape index (κ3) is 3.19. The molecule has 0 aromatic carbocycles. The van der Waals surface area contributed by atoms with E-state index in [1.54, 1.807) is 13.0 Å². The predicted molar refractivity (Wildman–Crippen MR) is 73.9 cm³/mol. The van der Waals surface area contributed by atoms with E-state index >= 15 is 0 Å². The molecule has 0 saturated carbocycles. The number of thioether (sulfide) groups is 1. The van der Waals surface area contributed by atoms with Gasteiger partial charge in [-0.3, -0.25) is 15.0 Å². The second-order valence-corrected chi connectivity index (χ2v) is 4.88. The van der Waals surface area contributed by atoms with E-state index in [-0.39, 0.29) is 11.4 Å². The molecule has 6 N–H and O–H groups in total. The Balaban J connectivity index is 2.11. The summed E-state index contributed by atoms with van der Waals surface area (Å²) >= 11 is 1.24. The van der Waals surface area contributed by atoms with Gasteiger partial charge in [0, 0.05) is 6.07 Å². The van der Waals surface area contributed by atoms with Crippen molar-refractivity contribution in [2.45, 2.75) is 17.8 Å². The van der Waals surface area contributed by atoms with Crippen LogP contribution >= 0.6 is 11.8 Å². The summed E-state index contributed by atoms with van der Waals surface area (Å²) < 4.78 is 5.43. The van der Waals surface area contributed by atoms with Crippen LogP contribution in [-0.2, 0) is 5.75 Å². The summed E-state index contributed by atoms with van der Waals surface area (Å²) in [4.78, 5) is 29.2. The van der Waals surface area contributed by atoms with E-state index in [2.05, 4.69) is 9.97 Å². The lowest BCUT2D eigenvalue weighted by Crippen LogP contribution is -2.30. The van der Waals surface area contributed by atoms with Gasteiger partial charge in [-0.15, -0.1) is 0 Å². The van der Waals surface area contributed by atoms with E-state index in [9.17, 15) is 9.59 Å². The van der Waals surface area contributed by atoms with Gasteiger partial charge in [0.2, 0.25) is 0 Å². The first-order valence-corrected chi connectivity index (χ1v) is 6.58. The fourth-order valence-corrected chi connectivity index (χ4v) is 2.34. The Morgan fingerprint density at radius 3 is 2.95 bits per heavy atom. The lowest BCUT2D eigenvalue weighted by Gasteiger charge is -1.99. The number of hydrazine groups is 1. The molecule has 0 aliphatic carbocycles. The summed E-state index contributed by atoms with van der Waals surface area (Å²) in [5.41, 5.74) is 7.57. The molecule has 0 aliphatic rings. The third-order valence-electron chi connectivity index (χ3n) is 2.44. The molecule has 0 bridgehead atoms. The number of carbonyl (C=O) groups excluding carboxylic acids is 1. The number of anilines is 1. The first-order chi connectivity index (χ1) is 9.49. The second kappa shape index (κ2) is 5.80. The van der Waals surface area contributed by atoms with Crippen molar-refractivity contribution in [2.24, 2.45) is 5.84 Å². The molecule has 0 unspecified atom stereocenters. The number of nitrogens with one attached hydrogen (secondary N) is 2. The van der Waals surface area contributed by atoms with Gasteiger partial charge in [0.15, 0.2) is 5.16 Å². The standard InChI is InChI=1S/C11H13N5O3S/c1-5-7(10(18)16-13)2-6(19-5)4-20-11-14-8(12)3-9(17)15-11/h2-3H,4,13H2,1H3,(H,16,18)(H3,12,14,15,17). The molecule has 0 radical (unpaired) electrons. The number of nitrogens with two attached hydrogens (primary N) is 2. The zero-order chi connectivity index (χ0) is 14.7. The highest BCUT2D eigenvalue weighted by Crippen LogP contribution is 2.22. The second-order valence-electron chi connectivity index (χ2n) is 3.92. The number of nitrogens with zero attached hydrogens (tertiary/aromatic N) is 1. The number of aromatic nitrogens is 2. The first-order valence-electron chi connectivity index (χ1n) is 5.59. The zero-order valence-electron chi connectivity index (χ0n) is 10.6. The molecule has 20 heavy (non-hydrogen) atoms. The summed E-state index contributed by atoms with van der Waals surface area (Å²) in [6.45, 7) is 1.67. The summed E-state index contributed by atoms with van der Waals surface area (Å²) in [6, 6.07) is 2.79. The van der Waals surface area contributed by atoms with Crippen LogP contribution in [0.15, 0.2) is 26.5 Å². The van der Waals surface area contributed by atoms with Crippen LogP contribution in [-0.4, -0.2) is 15.9 Å². The molecule has 106 valence electrons. The van der Waals surface area contributed by atoms with Crippen LogP contribution in [0, 0.1) is 6.92 Å². The topological polar surface area (TPSA) is 140 Å². The first kappa shape index (κ1) is 14.2. The molecule has 0 atom stereocenters. The maximum Gasteiger partial charge on any atom is 0.268 e. The number of nitrogen functional groups attached to an aromatic ring is 2. The number of rotatable bonds is 4. The van der Waals surface area contributed by atoms with Gasteiger partial charge in [0.05, 0.1) is 11.3 Å². The average molecular weight is 295 g/mol. The molecule has 0 saturated heterocycles. The molecule has 2 heterocycles. The highest BCUT2D eigenvalue weighted by molar-refractivity contribution is 7.98. The number of aryl methyl sites for hydroxylation is 1. The normalized spacial score (nSPS) is 10.5. The van der Waals surface area contributed by atoms with Crippen LogP contribution in [0.4, 0.5) is 5.82 Å². The SMILES string of the molecule is Cc1oc(CSc2nc(N)cc(=O)[nH]2)cc1C(=O)NN. The van der Waals surface area contributed by atoms with E-state index in [0.29, 0.717) is 28.0 Å². The van der Waals surface area contributed by atoms with Gasteiger partial charge in [-0.2, -0.15) is 0 Å². The van der Waals surface area contributed by atoms with Crippen molar-refractivity contribution >= 4 is 23.5 Å². The predicted octanol–water partition coefficient (Wildman–Crippen LogP) is 0.149. The lowest BCUT2D eigenvalue weighted by molar-refractivity contribution is 0.0952. The lowest BCUT2D eigenvalue weighted by atomic mass is 10.2. The quantitative estimate of drug-likeness (QED) is 0.207. The van der Waals surface area contributed by atoms with Gasteiger partial charge in [-0.05, 0) is 13.0 Å². The van der Waals surface area contributed by atoms with E-state index in [1.165, 1.54) is 17.8 Å². The van der Waals surface area contributed by atoms with Crippen molar-refractivity contribution in [3.63, 3.8) is 0 Å². The number of amides is 1. The Morgan fingerprint density at radius 1 is 1.55 bits per heavy atom. The van der Waals surface area contributed by atoms with Crippen LogP contribution < -0.4 is 22.6 Å². The van der Waals surface area contributed by atoms with Gasteiger partial charge < -0.3 is 15.1 Å². The maximum atomic E-state index is 11.4. The highest BCUT2D eigenvalue weighted by Gasteiger charge is 2.14. The molecule has 0 spiro atoms. The van der Waals surface area contributed by atoms with Crippen LogP contribution in [0.1, 0.15) is 21.9 Å². The van der Waals surface area contributed by atoms with Gasteiger partial charge >= 0.3 is 0 Å². The highest BCUT2D eigenvalue weighted by atomic mass is 32.2. The minimum absolute atomic E-state index is 0.148. The Morgan fingerprint density at radius 2 is 2.30 bits per heavy atom. The largest absolute Gasteiger partial charge is 0.465 e. The summed E-state index contributed by atoms with van der Waals surface area (Å²) in [5, 5.41) is 0.383. The van der Waals surface area contributed by atoms with Crippen molar-refractivity contribution in [2.75, 3.05) is 5.73 Å². The number of hydrogen-bond donors (Lipinski definition) is 4. The molecule has 8 nitrogen and oxygen atoms in total. The summed E-state index contributed by atoms with van der Waals surface area (Å²) in [6.07, 6.45) is 0. The van der Waals surface area contributed by atoms with E-state index in [1.807, 2.05) is 5.43 Å². The maximum absolute atomic E-state index is 11.4. The zero-order valence-corrected chi connectivity index (χ0v) is 11.4. The minimum Gasteiger partial charge on any atom is -0.465 e. The van der Waals surface area contributed by atoms with Gasteiger partial charge in [-0.1, -0.05) is 11.8 Å². The van der Waals surface area contributed by atoms with E-state index in [4.69, 9.17) is 16.0 Å². The van der Waals surface area contributed by atoms with Crippen molar-refractivity contribution < 1.29 is 9.21 Å². The smallest absolute Gasteiger partial charge is 0.268 e. The van der Waals surface area contributed by atoms with E-state index < -0.39 is 5.91 Å². The Kier molecular flexibility index (Phi) is 4.11. The molecule has 0 aliphatic heterocycles. The fraction of sp³-hybridized carbons (Fsp3) is 0.182. The summed E-state index contributed by atoms with van der Waals surface area (Å²) in [7, 11) is 0. The summed E-state index contributed by atoms with van der Waals surface area (Å²) in [5.74, 6) is 6.23. The Hall–Kier alpha value is -2.26. The molecular formula is C11H13N5O3S. The molecular weight excluding hydrogens is 282 g/mol. The average Bonchev–Trinajstić information content (AvgIpc) is 2.76. The molecule has 2 aromatic rings. The van der Waals surface area contributed by atoms with Crippen molar-refractivity contribution in [1.29, 1.82) is 0 Å². The van der Waals surface area contributed by atoms with Crippen molar-refractivity contribution in [1.82, 2.24) is 15.4 Å². The number of aromatic amines is 1. The van der Waals surface area contributed by atoms with Crippen LogP contribution in [0.25, 0.3) is 0 Å². The van der Waals surface area contributed by atoms with Crippen molar-refractivity contribution in [3.8, 4) is 0 Å². The molecule has 1 amide bonds. The van der Waals surface area contributed by atoms with Gasteiger partial charge in [-0.25, -0.2) is 10.8 Å². The molecule has 9 heteroatoms. The molecule has 2 rings (SSSR count). The Labute approximate surface area is 117 Å². The van der Waals surface area contributed by atoms with Crippen LogP contribution in [0.5, 0.6) is 0 Å². The number of hydrogen-bond acceptors (Lipinski definition) is 7. The Bertz CT molecular complexity index is 694. The number of H-pyrrole nitrogens is 1. The van der Waals surface area contributed by atoms with Crippen LogP contribution in [0.3, 0.4) is 0 Å². The van der Waals surface area contributed by atoms with Gasteiger partial charge in [0.1, 0.15) is 17.3 Å². The van der Waals surface area contributed by atoms with Crippen molar-refractivity contribution in [3.05, 3.63) is 39.6 Å². The van der Waals surface area contributed by atoms with Gasteiger partial charge in [0.25, 0.3) is 11.5 Å². The monoisotopic (exact) mass is 295 g/mol. The number of carbonyl (C=O) groups is 1.